The Morgan fingerprint density at radius 3 is 1.38 bits per heavy atom. The van der Waals surface area contributed by atoms with Gasteiger partial charge >= 0.3 is 0 Å². The van der Waals surface area contributed by atoms with E-state index in [1.54, 1.807) is 0 Å². The smallest absolute Gasteiger partial charge is 0.0308 e. The average Bonchev–Trinajstić information content (AvgIpc) is 2.48. The lowest BCUT2D eigenvalue weighted by molar-refractivity contribution is 0.118. The van der Waals surface area contributed by atoms with E-state index in [0.717, 1.165) is 35.5 Å². The van der Waals surface area contributed by atoms with Crippen LogP contribution in [0.25, 0.3) is 0 Å². The molecule has 0 heteroatoms. The third-order valence-electron chi connectivity index (χ3n) is 4.86. The molecule has 0 N–H and O–H groups in total. The van der Waals surface area contributed by atoms with E-state index in [1.807, 2.05) is 0 Å². The van der Waals surface area contributed by atoms with Crippen molar-refractivity contribution in [1.82, 2.24) is 0 Å². The molecule has 2 saturated carbocycles. The summed E-state index contributed by atoms with van der Waals surface area (Å²) in [6.07, 6.45) is 0. The Balaban J connectivity index is 2.17. The summed E-state index contributed by atoms with van der Waals surface area (Å²) in [7, 11) is 0. The fourth-order valence-electron chi connectivity index (χ4n) is 4.72. The minimum atomic E-state index is 0.520. The summed E-state index contributed by atoms with van der Waals surface area (Å²) in [5.74, 6) is 6.06. The highest BCUT2D eigenvalue weighted by atomic mass is 14.7. The highest BCUT2D eigenvalue weighted by Gasteiger charge is 2.63. The van der Waals surface area contributed by atoms with Crippen LogP contribution in [-0.2, 0) is 0 Å². The van der Waals surface area contributed by atoms with Crippen molar-refractivity contribution in [3.63, 3.8) is 0 Å². The van der Waals surface area contributed by atoms with Crippen LogP contribution in [0.15, 0.2) is 0 Å². The van der Waals surface area contributed by atoms with E-state index >= 15 is 0 Å². The van der Waals surface area contributed by atoms with Crippen molar-refractivity contribution in [2.45, 2.75) is 41.5 Å². The third kappa shape index (κ3) is 1.17. The summed E-state index contributed by atoms with van der Waals surface area (Å²) < 4.78 is 0. The van der Waals surface area contributed by atoms with Gasteiger partial charge in [-0.3, -0.25) is 0 Å². The molecule has 0 heterocycles. The molecule has 0 aromatic carbocycles. The first kappa shape index (κ1) is 9.55. The van der Waals surface area contributed by atoms with Gasteiger partial charge in [-0.2, -0.15) is 0 Å². The van der Waals surface area contributed by atoms with Crippen LogP contribution in [0.5, 0.6) is 0 Å². The Labute approximate surface area is 83.1 Å². The number of fused-ring (bicyclic) bond motifs is 1. The molecule has 76 valence electrons. The predicted octanol–water partition coefficient (Wildman–Crippen LogP) is 3.82. The lowest BCUT2D eigenvalue weighted by Crippen LogP contribution is -2.30. The average molecular weight is 180 g/mol. The molecular weight excluding hydrogens is 156 g/mol. The standard InChI is InChI=1S/C13H24/c1-7-10-8(2)12(13(4,5)6)9(3)11(7)10/h7-12H,1-6H3. The molecule has 4 unspecified atom stereocenters. The van der Waals surface area contributed by atoms with E-state index in [-0.39, 0.29) is 0 Å². The molecule has 0 bridgehead atoms. The molecule has 2 fully saturated rings. The molecule has 2 aliphatic rings. The quantitative estimate of drug-likeness (QED) is 0.531. The van der Waals surface area contributed by atoms with E-state index in [2.05, 4.69) is 41.5 Å². The van der Waals surface area contributed by atoms with Crippen molar-refractivity contribution >= 4 is 0 Å². The Bertz CT molecular complexity index is 195. The Morgan fingerprint density at radius 2 is 1.08 bits per heavy atom. The fourth-order valence-corrected chi connectivity index (χ4v) is 4.72. The third-order valence-corrected chi connectivity index (χ3v) is 4.86. The van der Waals surface area contributed by atoms with Gasteiger partial charge in [0.05, 0.1) is 0 Å². The zero-order valence-electron chi connectivity index (χ0n) is 9.96. The molecule has 0 amide bonds. The molecule has 0 aromatic heterocycles. The van der Waals surface area contributed by atoms with Crippen LogP contribution in [-0.4, -0.2) is 0 Å². The van der Waals surface area contributed by atoms with Gasteiger partial charge in [0.1, 0.15) is 0 Å². The first-order chi connectivity index (χ1) is 5.85. The summed E-state index contributed by atoms with van der Waals surface area (Å²) in [6, 6.07) is 0. The number of hydrogen-bond acceptors (Lipinski definition) is 0. The summed E-state index contributed by atoms with van der Waals surface area (Å²) in [6.45, 7) is 14.7. The maximum atomic E-state index is 2.49. The van der Waals surface area contributed by atoms with Crippen molar-refractivity contribution in [2.24, 2.45) is 40.9 Å². The van der Waals surface area contributed by atoms with Crippen LogP contribution in [0, 0.1) is 40.9 Å². The number of rotatable bonds is 0. The van der Waals surface area contributed by atoms with Gasteiger partial charge in [0.25, 0.3) is 0 Å². The fraction of sp³-hybridized carbons (Fsp3) is 1.00. The van der Waals surface area contributed by atoms with Crippen LogP contribution in [0.3, 0.4) is 0 Å². The van der Waals surface area contributed by atoms with Crippen molar-refractivity contribution in [1.29, 1.82) is 0 Å². The molecule has 0 nitrogen and oxygen atoms in total. The van der Waals surface area contributed by atoms with Gasteiger partial charge in [0.15, 0.2) is 0 Å². The molecule has 2 rings (SSSR count). The van der Waals surface area contributed by atoms with Gasteiger partial charge in [-0.15, -0.1) is 0 Å². The Hall–Kier alpha value is 0. The van der Waals surface area contributed by atoms with E-state index < -0.39 is 0 Å². The van der Waals surface area contributed by atoms with E-state index in [4.69, 9.17) is 0 Å². The molecule has 0 spiro atoms. The van der Waals surface area contributed by atoms with Crippen molar-refractivity contribution in [3.05, 3.63) is 0 Å². The van der Waals surface area contributed by atoms with Crippen LogP contribution in [0.4, 0.5) is 0 Å². The molecule has 0 saturated heterocycles. The predicted molar refractivity (Wildman–Crippen MR) is 57.4 cm³/mol. The molecule has 0 aliphatic heterocycles. The lowest BCUT2D eigenvalue weighted by atomic mass is 9.68. The van der Waals surface area contributed by atoms with Crippen LogP contribution >= 0.6 is 0 Å². The second-order valence-electron chi connectivity index (χ2n) is 6.62. The monoisotopic (exact) mass is 180 g/mol. The second-order valence-corrected chi connectivity index (χ2v) is 6.62. The zero-order valence-corrected chi connectivity index (χ0v) is 9.96. The Kier molecular flexibility index (Phi) is 1.85. The molecule has 4 atom stereocenters. The van der Waals surface area contributed by atoms with Crippen molar-refractivity contribution < 1.29 is 0 Å². The van der Waals surface area contributed by atoms with Gasteiger partial charge in [-0.1, -0.05) is 41.5 Å². The van der Waals surface area contributed by atoms with Gasteiger partial charge in [-0.05, 0) is 40.9 Å². The van der Waals surface area contributed by atoms with Gasteiger partial charge in [0.2, 0.25) is 0 Å². The summed E-state index contributed by atoms with van der Waals surface area (Å²) in [5, 5.41) is 0. The number of hydrogen-bond donors (Lipinski definition) is 0. The SMILES string of the molecule is CC1C2C(C)C(C(C)(C)C)C(C)C12. The maximum Gasteiger partial charge on any atom is -0.0308 e. The molecule has 13 heavy (non-hydrogen) atoms. The normalized spacial score (nSPS) is 54.9. The van der Waals surface area contributed by atoms with Crippen LogP contribution in [0.1, 0.15) is 41.5 Å². The lowest BCUT2D eigenvalue weighted by Gasteiger charge is -2.37. The first-order valence-electron chi connectivity index (χ1n) is 5.85. The maximum absolute atomic E-state index is 2.49. The highest BCUT2D eigenvalue weighted by Crippen LogP contribution is 2.67. The Morgan fingerprint density at radius 1 is 0.692 bits per heavy atom. The molecular formula is C13H24. The highest BCUT2D eigenvalue weighted by molar-refractivity contribution is 5.10. The summed E-state index contributed by atoms with van der Waals surface area (Å²) >= 11 is 0. The summed E-state index contributed by atoms with van der Waals surface area (Å²) in [5.41, 5.74) is 0.520. The molecule has 2 aliphatic carbocycles. The van der Waals surface area contributed by atoms with Crippen molar-refractivity contribution in [3.8, 4) is 0 Å². The zero-order chi connectivity index (χ0) is 9.96. The van der Waals surface area contributed by atoms with Crippen LogP contribution < -0.4 is 0 Å². The van der Waals surface area contributed by atoms with Gasteiger partial charge < -0.3 is 0 Å². The van der Waals surface area contributed by atoms with E-state index in [1.165, 1.54) is 0 Å². The van der Waals surface area contributed by atoms with E-state index in [0.29, 0.717) is 5.41 Å². The minimum absolute atomic E-state index is 0.520. The van der Waals surface area contributed by atoms with Crippen molar-refractivity contribution in [2.75, 3.05) is 0 Å². The van der Waals surface area contributed by atoms with Gasteiger partial charge in [0, 0.05) is 0 Å². The first-order valence-corrected chi connectivity index (χ1v) is 5.85. The minimum Gasteiger partial charge on any atom is -0.0619 e. The summed E-state index contributed by atoms with van der Waals surface area (Å²) in [4.78, 5) is 0. The van der Waals surface area contributed by atoms with Gasteiger partial charge in [-0.25, -0.2) is 0 Å². The second kappa shape index (κ2) is 2.52. The molecule has 0 aromatic rings. The van der Waals surface area contributed by atoms with E-state index in [9.17, 15) is 0 Å². The topological polar surface area (TPSA) is 0 Å². The van der Waals surface area contributed by atoms with Crippen LogP contribution in [0.2, 0.25) is 0 Å². The largest absolute Gasteiger partial charge is 0.0619 e. The molecule has 0 radical (unpaired) electrons.